The molecule has 2 aromatic carbocycles. The van der Waals surface area contributed by atoms with E-state index >= 15 is 0 Å². The molecule has 2 heterocycles. The van der Waals surface area contributed by atoms with E-state index in [1.807, 2.05) is 32.0 Å². The topological polar surface area (TPSA) is 66.9 Å². The van der Waals surface area contributed by atoms with Crippen LogP contribution in [0.25, 0.3) is 0 Å². The van der Waals surface area contributed by atoms with Gasteiger partial charge in [0.25, 0.3) is 5.91 Å². The van der Waals surface area contributed by atoms with Crippen LogP contribution in [-0.4, -0.2) is 55.8 Å². The third kappa shape index (κ3) is 5.22. The Kier molecular flexibility index (Phi) is 7.05. The van der Waals surface area contributed by atoms with Crippen LogP contribution in [0.15, 0.2) is 41.3 Å². The second-order valence-corrected chi connectivity index (χ2v) is 10.9. The molecule has 2 aromatic rings. The van der Waals surface area contributed by atoms with Gasteiger partial charge in [0.1, 0.15) is 22.6 Å². The van der Waals surface area contributed by atoms with Crippen LogP contribution in [0, 0.1) is 19.7 Å². The number of benzene rings is 2. The zero-order valence-electron chi connectivity index (χ0n) is 19.2. The molecule has 0 aliphatic carbocycles. The molecule has 0 saturated carbocycles. The number of carbonyl (C=O) groups is 1. The molecule has 0 bridgehead atoms. The average molecular weight is 475 g/mol. The molecule has 0 radical (unpaired) electrons. The zero-order valence-corrected chi connectivity index (χ0v) is 20.0. The summed E-state index contributed by atoms with van der Waals surface area (Å²) in [5, 5.41) is 0. The van der Waals surface area contributed by atoms with Gasteiger partial charge in [-0.25, -0.2) is 12.8 Å². The molecule has 0 spiro atoms. The fourth-order valence-electron chi connectivity index (χ4n) is 4.45. The molecular weight excluding hydrogens is 443 g/mol. The first-order chi connectivity index (χ1) is 15.8. The van der Waals surface area contributed by atoms with Crippen molar-refractivity contribution in [1.29, 1.82) is 0 Å². The highest BCUT2D eigenvalue weighted by atomic mass is 32.2. The number of sulfonamides is 1. The first-order valence-corrected chi connectivity index (χ1v) is 13.0. The molecule has 0 N–H and O–H groups in total. The van der Waals surface area contributed by atoms with Crippen LogP contribution >= 0.6 is 0 Å². The molecule has 8 heteroatoms. The molecule has 2 aliphatic rings. The lowest BCUT2D eigenvalue weighted by atomic mass is 10.1. The molecule has 0 unspecified atom stereocenters. The molecule has 2 fully saturated rings. The lowest BCUT2D eigenvalue weighted by molar-refractivity contribution is 0.0594. The Morgan fingerprint density at radius 1 is 0.970 bits per heavy atom. The van der Waals surface area contributed by atoms with Crippen molar-refractivity contribution in [3.8, 4) is 5.75 Å². The van der Waals surface area contributed by atoms with E-state index < -0.39 is 20.7 Å². The number of amides is 1. The normalized spacial score (nSPS) is 18.3. The fourth-order valence-corrected chi connectivity index (χ4v) is 6.06. The van der Waals surface area contributed by atoms with Crippen molar-refractivity contribution in [3.63, 3.8) is 0 Å². The van der Waals surface area contributed by atoms with E-state index in [0.29, 0.717) is 39.0 Å². The van der Waals surface area contributed by atoms with Crippen molar-refractivity contribution < 1.29 is 22.3 Å². The van der Waals surface area contributed by atoms with Gasteiger partial charge in [-0.1, -0.05) is 18.6 Å². The maximum Gasteiger partial charge on any atom is 0.253 e. The smallest absolute Gasteiger partial charge is 0.253 e. The molecule has 0 aromatic heterocycles. The summed E-state index contributed by atoms with van der Waals surface area (Å²) in [6.07, 6.45) is 3.86. The molecular formula is C25H31FN2O4S. The summed E-state index contributed by atoms with van der Waals surface area (Å²) in [5.74, 6) is -0.237. The van der Waals surface area contributed by atoms with Crippen molar-refractivity contribution in [2.75, 3.05) is 26.2 Å². The Balaban J connectivity index is 1.44. The summed E-state index contributed by atoms with van der Waals surface area (Å²) in [4.78, 5) is 14.4. The zero-order chi connectivity index (χ0) is 23.6. The maximum atomic E-state index is 14.5. The van der Waals surface area contributed by atoms with E-state index in [2.05, 4.69) is 0 Å². The summed E-state index contributed by atoms with van der Waals surface area (Å²) < 4.78 is 47.9. The Hall–Kier alpha value is -2.45. The lowest BCUT2D eigenvalue weighted by Gasteiger charge is -2.32. The number of hydrogen-bond donors (Lipinski definition) is 0. The van der Waals surface area contributed by atoms with Crippen LogP contribution in [0.4, 0.5) is 4.39 Å². The summed E-state index contributed by atoms with van der Waals surface area (Å²) in [6, 6.07) is 9.75. The molecule has 4 rings (SSSR count). The third-order valence-electron chi connectivity index (χ3n) is 6.48. The van der Waals surface area contributed by atoms with Gasteiger partial charge < -0.3 is 9.64 Å². The predicted octanol–water partition coefficient (Wildman–Crippen LogP) is 4.30. The predicted molar refractivity (Wildman–Crippen MR) is 124 cm³/mol. The summed E-state index contributed by atoms with van der Waals surface area (Å²) in [6.45, 7) is 5.80. The van der Waals surface area contributed by atoms with Gasteiger partial charge in [0.2, 0.25) is 10.0 Å². The van der Waals surface area contributed by atoms with Gasteiger partial charge in [-0.15, -0.1) is 0 Å². The van der Waals surface area contributed by atoms with Crippen LogP contribution in [0.1, 0.15) is 53.6 Å². The molecule has 2 saturated heterocycles. The molecule has 33 heavy (non-hydrogen) atoms. The highest BCUT2D eigenvalue weighted by molar-refractivity contribution is 7.89. The minimum atomic E-state index is -3.96. The van der Waals surface area contributed by atoms with Gasteiger partial charge >= 0.3 is 0 Å². The van der Waals surface area contributed by atoms with Crippen LogP contribution < -0.4 is 4.74 Å². The van der Waals surface area contributed by atoms with Crippen molar-refractivity contribution in [2.45, 2.75) is 57.0 Å². The first kappa shape index (κ1) is 23.7. The Morgan fingerprint density at radius 3 is 2.36 bits per heavy atom. The van der Waals surface area contributed by atoms with Gasteiger partial charge in [0, 0.05) is 44.6 Å². The number of rotatable bonds is 5. The minimum absolute atomic E-state index is 0.0119. The van der Waals surface area contributed by atoms with Crippen LogP contribution in [0.2, 0.25) is 0 Å². The lowest BCUT2D eigenvalue weighted by Crippen LogP contribution is -2.42. The van der Waals surface area contributed by atoms with Gasteiger partial charge in [-0.2, -0.15) is 4.31 Å². The van der Waals surface area contributed by atoms with E-state index in [4.69, 9.17) is 4.74 Å². The van der Waals surface area contributed by atoms with Crippen molar-refractivity contribution >= 4 is 15.9 Å². The Labute approximate surface area is 195 Å². The van der Waals surface area contributed by atoms with E-state index in [9.17, 15) is 17.6 Å². The van der Waals surface area contributed by atoms with Crippen molar-refractivity contribution in [3.05, 3.63) is 58.9 Å². The number of ether oxygens (including phenoxy) is 1. The van der Waals surface area contributed by atoms with E-state index in [1.165, 1.54) is 16.4 Å². The Bertz CT molecular complexity index is 1120. The van der Waals surface area contributed by atoms with Gasteiger partial charge in [-0.05, 0) is 62.1 Å². The number of piperidine rings is 2. The number of nitrogens with zero attached hydrogens (tertiary/aromatic N) is 2. The van der Waals surface area contributed by atoms with E-state index in [-0.39, 0.29) is 17.6 Å². The SMILES string of the molecule is Cc1ccc(C)c(OC2CCN(C(=O)c3ccc(F)c(S(=O)(=O)N4CCCCC4)c3)CC2)c1. The minimum Gasteiger partial charge on any atom is -0.490 e. The van der Waals surface area contributed by atoms with Gasteiger partial charge in [-0.3, -0.25) is 4.79 Å². The van der Waals surface area contributed by atoms with Crippen molar-refractivity contribution in [2.24, 2.45) is 0 Å². The quantitative estimate of drug-likeness (QED) is 0.648. The number of carbonyl (C=O) groups excluding carboxylic acids is 1. The number of likely N-dealkylation sites (tertiary alicyclic amines) is 1. The molecule has 178 valence electrons. The fraction of sp³-hybridized carbons (Fsp3) is 0.480. The second-order valence-electron chi connectivity index (χ2n) is 8.99. The highest BCUT2D eigenvalue weighted by Crippen LogP contribution is 2.27. The second kappa shape index (κ2) is 9.81. The van der Waals surface area contributed by atoms with Crippen LogP contribution in [-0.2, 0) is 10.0 Å². The van der Waals surface area contributed by atoms with E-state index in [0.717, 1.165) is 42.2 Å². The van der Waals surface area contributed by atoms with Gasteiger partial charge in [0.05, 0.1) is 0 Å². The molecule has 6 nitrogen and oxygen atoms in total. The van der Waals surface area contributed by atoms with Crippen LogP contribution in [0.5, 0.6) is 5.75 Å². The number of hydrogen-bond acceptors (Lipinski definition) is 4. The van der Waals surface area contributed by atoms with E-state index in [1.54, 1.807) is 4.90 Å². The summed E-state index contributed by atoms with van der Waals surface area (Å²) in [5.41, 5.74) is 2.41. The molecule has 1 amide bonds. The molecule has 0 atom stereocenters. The van der Waals surface area contributed by atoms with Crippen molar-refractivity contribution in [1.82, 2.24) is 9.21 Å². The maximum absolute atomic E-state index is 14.5. The first-order valence-electron chi connectivity index (χ1n) is 11.6. The highest BCUT2D eigenvalue weighted by Gasteiger charge is 2.31. The largest absolute Gasteiger partial charge is 0.490 e. The Morgan fingerprint density at radius 2 is 1.67 bits per heavy atom. The third-order valence-corrected chi connectivity index (χ3v) is 8.39. The van der Waals surface area contributed by atoms with Gasteiger partial charge in [0.15, 0.2) is 0 Å². The summed E-state index contributed by atoms with van der Waals surface area (Å²) in [7, 11) is -3.96. The monoisotopic (exact) mass is 474 g/mol. The number of aryl methyl sites for hydroxylation is 2. The van der Waals surface area contributed by atoms with Crippen LogP contribution in [0.3, 0.4) is 0 Å². The standard InChI is InChI=1S/C25H31FN2O4S/c1-18-6-7-19(2)23(16-18)32-21-10-14-27(15-11-21)25(29)20-8-9-22(26)24(17-20)33(30,31)28-12-4-3-5-13-28/h6-9,16-17,21H,3-5,10-15H2,1-2H3. The number of halogens is 1. The summed E-state index contributed by atoms with van der Waals surface area (Å²) >= 11 is 0. The average Bonchev–Trinajstić information content (AvgIpc) is 2.82. The molecule has 2 aliphatic heterocycles.